The number of aliphatic hydroxyl groups excluding tert-OH is 6. The Balaban J connectivity index is 1.57. The molecule has 3 aliphatic rings. The molecule has 0 aliphatic carbocycles. The van der Waals surface area contributed by atoms with Crippen LogP contribution in [-0.4, -0.2) is 122 Å². The van der Waals surface area contributed by atoms with Gasteiger partial charge in [-0.05, 0) is 6.07 Å². The van der Waals surface area contributed by atoms with E-state index in [2.05, 4.69) is 0 Å². The van der Waals surface area contributed by atoms with Gasteiger partial charge < -0.3 is 64.5 Å². The largest absolute Gasteiger partial charge is 0.504 e. The third kappa shape index (κ3) is 3.96. The minimum absolute atomic E-state index is 0.139. The van der Waals surface area contributed by atoms with Gasteiger partial charge in [0, 0.05) is 5.56 Å². The number of benzene rings is 1. The summed E-state index contributed by atoms with van der Waals surface area (Å²) in [6.45, 7) is -1.20. The number of methoxy groups -OCH3 is 1. The molecule has 2 fully saturated rings. The second-order valence-corrected chi connectivity index (χ2v) is 8.22. The Kier molecular flexibility index (Phi) is 6.87. The van der Waals surface area contributed by atoms with Crippen LogP contribution in [0.1, 0.15) is 22.0 Å². The molecule has 1 aromatic carbocycles. The maximum absolute atomic E-state index is 12.4. The highest BCUT2D eigenvalue weighted by molar-refractivity contribution is 5.95. The predicted molar refractivity (Wildman–Crippen MR) is 105 cm³/mol. The summed E-state index contributed by atoms with van der Waals surface area (Å²) in [6.07, 6.45) is -15.1. The van der Waals surface area contributed by atoms with E-state index in [-0.39, 0.29) is 16.9 Å². The molecule has 0 bridgehead atoms. The summed E-state index contributed by atoms with van der Waals surface area (Å²) in [5, 5.41) is 80.9. The van der Waals surface area contributed by atoms with Gasteiger partial charge in [-0.1, -0.05) is 0 Å². The van der Waals surface area contributed by atoms with Crippen LogP contribution in [0.15, 0.2) is 6.07 Å². The number of aromatic hydroxyl groups is 2. The number of fused-ring (bicyclic) bond motifs is 3. The van der Waals surface area contributed by atoms with E-state index in [1.807, 2.05) is 0 Å². The highest BCUT2D eigenvalue weighted by Crippen LogP contribution is 2.49. The number of hydrogen-bond acceptors (Lipinski definition) is 14. The summed E-state index contributed by atoms with van der Waals surface area (Å²) in [5.41, 5.74) is -0.381. The van der Waals surface area contributed by atoms with Crippen LogP contribution in [0.2, 0.25) is 0 Å². The normalized spacial score (nSPS) is 39.7. The molecule has 3 aliphatic heterocycles. The van der Waals surface area contributed by atoms with Gasteiger partial charge in [-0.25, -0.2) is 4.79 Å². The van der Waals surface area contributed by atoms with Crippen molar-refractivity contribution in [1.82, 2.24) is 0 Å². The van der Waals surface area contributed by atoms with Gasteiger partial charge in [0.1, 0.15) is 48.8 Å². The van der Waals surface area contributed by atoms with Crippen LogP contribution < -0.4 is 4.74 Å². The quantitative estimate of drug-likeness (QED) is 0.189. The first-order chi connectivity index (χ1) is 16.1. The number of phenols is 2. The van der Waals surface area contributed by atoms with E-state index < -0.39 is 91.9 Å². The standard InChI is InChI=1S/C20H26O14/c1-30-16-6(22)2-5-9(12(16)25)17-18(34-19(5)29)14(27)11(24)8(32-17)4-31-20-15(28)13(26)10(23)7(3-21)33-20/h2,7-8,10-11,13-15,17-18,20-28H,3-4H2,1H3/t7-,8-,10+,11-,13+,14+,15-,17+,18-,20+/m1/s1. The third-order valence-electron chi connectivity index (χ3n) is 6.19. The van der Waals surface area contributed by atoms with Crippen molar-refractivity contribution in [2.75, 3.05) is 20.3 Å². The molecule has 0 amide bonds. The molecule has 0 radical (unpaired) electrons. The van der Waals surface area contributed by atoms with Gasteiger partial charge in [-0.15, -0.1) is 0 Å². The number of ether oxygens (including phenoxy) is 5. The van der Waals surface area contributed by atoms with E-state index in [0.29, 0.717) is 0 Å². The van der Waals surface area contributed by atoms with Crippen molar-refractivity contribution in [1.29, 1.82) is 0 Å². The second kappa shape index (κ2) is 9.41. The first-order valence-corrected chi connectivity index (χ1v) is 10.4. The first kappa shape index (κ1) is 24.8. The van der Waals surface area contributed by atoms with Gasteiger partial charge in [-0.2, -0.15) is 0 Å². The number of esters is 1. The SMILES string of the molecule is COc1c(O)cc2c(c1O)[C@@H]1O[C@H](CO[C@H]3O[C@H](CO)[C@H](O)[C@H](O)[C@H]3O)[C@@H](O)[C@H](O)[C@H]1OC2=O. The van der Waals surface area contributed by atoms with Gasteiger partial charge in [-0.3, -0.25) is 0 Å². The highest BCUT2D eigenvalue weighted by Gasteiger charge is 2.53. The van der Waals surface area contributed by atoms with Crippen LogP contribution in [0.3, 0.4) is 0 Å². The zero-order valence-electron chi connectivity index (χ0n) is 17.8. The minimum Gasteiger partial charge on any atom is -0.504 e. The molecular weight excluding hydrogens is 464 g/mol. The van der Waals surface area contributed by atoms with Crippen molar-refractivity contribution in [3.63, 3.8) is 0 Å². The van der Waals surface area contributed by atoms with Crippen molar-refractivity contribution in [3.8, 4) is 17.2 Å². The van der Waals surface area contributed by atoms with Crippen molar-refractivity contribution >= 4 is 5.97 Å². The van der Waals surface area contributed by atoms with Crippen molar-refractivity contribution < 1.29 is 69.3 Å². The summed E-state index contributed by atoms with van der Waals surface area (Å²) in [7, 11) is 1.18. The Bertz CT molecular complexity index is 921. The first-order valence-electron chi connectivity index (χ1n) is 10.4. The lowest BCUT2D eigenvalue weighted by Gasteiger charge is -2.45. The molecule has 34 heavy (non-hydrogen) atoms. The number of hydrogen-bond donors (Lipinski definition) is 8. The minimum atomic E-state index is -1.70. The zero-order valence-corrected chi connectivity index (χ0v) is 17.8. The molecule has 14 nitrogen and oxygen atoms in total. The molecule has 8 N–H and O–H groups in total. The van der Waals surface area contributed by atoms with Crippen molar-refractivity contribution in [2.24, 2.45) is 0 Å². The highest BCUT2D eigenvalue weighted by atomic mass is 16.7. The lowest BCUT2D eigenvalue weighted by atomic mass is 9.86. The van der Waals surface area contributed by atoms with Gasteiger partial charge in [0.25, 0.3) is 0 Å². The number of phenolic OH excluding ortho intramolecular Hbond substituents is 2. The van der Waals surface area contributed by atoms with Crippen molar-refractivity contribution in [3.05, 3.63) is 17.2 Å². The van der Waals surface area contributed by atoms with Crippen LogP contribution in [0.5, 0.6) is 17.2 Å². The molecule has 0 aromatic heterocycles. The molecule has 2 saturated heterocycles. The predicted octanol–water partition coefficient (Wildman–Crippen LogP) is -3.38. The average molecular weight is 490 g/mol. The molecular formula is C20H26O14. The summed E-state index contributed by atoms with van der Waals surface area (Å²) in [5.74, 6) is -2.48. The molecule has 4 rings (SSSR count). The number of rotatable bonds is 5. The van der Waals surface area contributed by atoms with Gasteiger partial charge in [0.15, 0.2) is 23.9 Å². The van der Waals surface area contributed by atoms with Crippen LogP contribution in [-0.2, 0) is 18.9 Å². The van der Waals surface area contributed by atoms with Gasteiger partial charge in [0.05, 0.1) is 25.9 Å². The van der Waals surface area contributed by atoms with Crippen LogP contribution in [0, 0.1) is 0 Å². The Labute approximate surface area is 192 Å². The summed E-state index contributed by atoms with van der Waals surface area (Å²) >= 11 is 0. The summed E-state index contributed by atoms with van der Waals surface area (Å²) in [4.78, 5) is 12.4. The fraction of sp³-hybridized carbons (Fsp3) is 0.650. The molecule has 0 saturated carbocycles. The number of aliphatic hydroxyl groups is 6. The van der Waals surface area contributed by atoms with E-state index in [9.17, 15) is 45.6 Å². The molecule has 0 spiro atoms. The van der Waals surface area contributed by atoms with E-state index in [1.165, 1.54) is 7.11 Å². The maximum atomic E-state index is 12.4. The third-order valence-corrected chi connectivity index (χ3v) is 6.19. The Morgan fingerprint density at radius 3 is 2.26 bits per heavy atom. The lowest BCUT2D eigenvalue weighted by molar-refractivity contribution is -0.314. The molecule has 14 heteroatoms. The van der Waals surface area contributed by atoms with E-state index in [4.69, 9.17) is 23.7 Å². The van der Waals surface area contributed by atoms with Crippen molar-refractivity contribution in [2.45, 2.75) is 61.2 Å². The number of carbonyl (C=O) groups excluding carboxylic acids is 1. The maximum Gasteiger partial charge on any atom is 0.339 e. The Morgan fingerprint density at radius 1 is 0.941 bits per heavy atom. The Hall–Kier alpha value is -2.27. The summed E-state index contributed by atoms with van der Waals surface area (Å²) in [6, 6.07) is 1.01. The van der Waals surface area contributed by atoms with Crippen LogP contribution >= 0.6 is 0 Å². The number of carbonyl (C=O) groups is 1. The van der Waals surface area contributed by atoms with Gasteiger partial charge >= 0.3 is 5.97 Å². The molecule has 10 atom stereocenters. The second-order valence-electron chi connectivity index (χ2n) is 8.22. The zero-order chi connectivity index (χ0) is 24.9. The lowest BCUT2D eigenvalue weighted by Crippen LogP contribution is -2.61. The average Bonchev–Trinajstić information content (AvgIpc) is 2.81. The Morgan fingerprint density at radius 2 is 1.62 bits per heavy atom. The van der Waals surface area contributed by atoms with E-state index in [0.717, 1.165) is 6.07 Å². The monoisotopic (exact) mass is 490 g/mol. The van der Waals surface area contributed by atoms with E-state index in [1.54, 1.807) is 0 Å². The van der Waals surface area contributed by atoms with E-state index >= 15 is 0 Å². The topological polar surface area (TPSA) is 225 Å². The van der Waals surface area contributed by atoms with Crippen LogP contribution in [0.25, 0.3) is 0 Å². The fourth-order valence-electron chi connectivity index (χ4n) is 4.33. The smallest absolute Gasteiger partial charge is 0.339 e. The van der Waals surface area contributed by atoms with Gasteiger partial charge in [0.2, 0.25) is 5.75 Å². The molecule has 1 aromatic rings. The fourth-order valence-corrected chi connectivity index (χ4v) is 4.33. The molecule has 190 valence electrons. The molecule has 0 unspecified atom stereocenters. The summed E-state index contributed by atoms with van der Waals surface area (Å²) < 4.78 is 26.5. The van der Waals surface area contributed by atoms with Crippen LogP contribution in [0.4, 0.5) is 0 Å². The molecule has 3 heterocycles.